The molecule has 1 fully saturated rings. The van der Waals surface area contributed by atoms with Crippen molar-refractivity contribution in [3.05, 3.63) is 12.2 Å². The highest BCUT2D eigenvalue weighted by Crippen LogP contribution is 2.34. The van der Waals surface area contributed by atoms with Crippen LogP contribution in [-0.2, 0) is 9.53 Å². The van der Waals surface area contributed by atoms with E-state index in [1.165, 1.54) is 12.0 Å². The molecule has 0 saturated heterocycles. The summed E-state index contributed by atoms with van der Waals surface area (Å²) in [6.07, 6.45) is 3.57. The zero-order chi connectivity index (χ0) is 12.8. The second-order valence-electron chi connectivity index (χ2n) is 5.17. The summed E-state index contributed by atoms with van der Waals surface area (Å²) in [7, 11) is 0. The van der Waals surface area contributed by atoms with Gasteiger partial charge in [-0.25, -0.2) is 0 Å². The molecule has 3 unspecified atom stereocenters. The van der Waals surface area contributed by atoms with E-state index in [0.29, 0.717) is 18.4 Å². The largest absolute Gasteiger partial charge is 0.368 e. The zero-order valence-electron chi connectivity index (χ0n) is 11.3. The van der Waals surface area contributed by atoms with Gasteiger partial charge in [0.15, 0.2) is 0 Å². The third-order valence-electron chi connectivity index (χ3n) is 3.49. The molecule has 1 aliphatic carbocycles. The lowest BCUT2D eigenvalue weighted by Crippen LogP contribution is -2.36. The summed E-state index contributed by atoms with van der Waals surface area (Å²) in [6, 6.07) is 0. The molecule has 0 aromatic rings. The van der Waals surface area contributed by atoms with Gasteiger partial charge in [-0.3, -0.25) is 4.79 Å². The van der Waals surface area contributed by atoms with Crippen LogP contribution in [0.2, 0.25) is 0 Å². The van der Waals surface area contributed by atoms with E-state index in [1.807, 2.05) is 6.92 Å². The van der Waals surface area contributed by atoms with Crippen molar-refractivity contribution in [1.29, 1.82) is 0 Å². The average molecular weight is 239 g/mol. The maximum absolute atomic E-state index is 11.4. The molecule has 1 rings (SSSR count). The highest BCUT2D eigenvalue weighted by atomic mass is 16.5. The van der Waals surface area contributed by atoms with Gasteiger partial charge in [-0.1, -0.05) is 19.1 Å². The van der Waals surface area contributed by atoms with Crippen LogP contribution in [0.15, 0.2) is 12.2 Å². The van der Waals surface area contributed by atoms with E-state index < -0.39 is 0 Å². The molecule has 0 heterocycles. The minimum Gasteiger partial charge on any atom is -0.368 e. The molecule has 0 aliphatic heterocycles. The number of ether oxygens (including phenoxy) is 1. The Morgan fingerprint density at radius 3 is 2.76 bits per heavy atom. The number of likely N-dealkylation sites (N-methyl/N-ethyl adjacent to an activating group) is 1. The van der Waals surface area contributed by atoms with Crippen molar-refractivity contribution in [2.24, 2.45) is 11.8 Å². The highest BCUT2D eigenvalue weighted by molar-refractivity contribution is 5.77. The molecule has 0 radical (unpaired) electrons. The second kappa shape index (κ2) is 6.80. The summed E-state index contributed by atoms with van der Waals surface area (Å²) in [5, 5.41) is 2.75. The topological polar surface area (TPSA) is 38.3 Å². The van der Waals surface area contributed by atoms with Crippen molar-refractivity contribution in [3.8, 4) is 0 Å². The molecule has 3 nitrogen and oxygen atoms in total. The SMILES string of the molecule is C=C(C)C1CCC(C)CC1OCC(=O)NCC. The van der Waals surface area contributed by atoms with Gasteiger partial charge in [-0.05, 0) is 39.0 Å². The van der Waals surface area contributed by atoms with Crippen LogP contribution in [0, 0.1) is 11.8 Å². The Hall–Kier alpha value is -0.830. The maximum atomic E-state index is 11.4. The van der Waals surface area contributed by atoms with Crippen molar-refractivity contribution in [3.63, 3.8) is 0 Å². The minimum atomic E-state index is -0.0220. The van der Waals surface area contributed by atoms with Crippen molar-refractivity contribution >= 4 is 5.91 Å². The molecule has 17 heavy (non-hydrogen) atoms. The standard InChI is InChI=1S/C14H25NO2/c1-5-15-14(16)9-17-13-8-11(4)6-7-12(13)10(2)3/h11-13H,2,5-9H2,1,3-4H3,(H,15,16). The highest BCUT2D eigenvalue weighted by Gasteiger charge is 2.30. The molecule has 3 atom stereocenters. The normalized spacial score (nSPS) is 28.8. The van der Waals surface area contributed by atoms with Crippen LogP contribution in [0.5, 0.6) is 0 Å². The van der Waals surface area contributed by atoms with Gasteiger partial charge in [-0.15, -0.1) is 0 Å². The summed E-state index contributed by atoms with van der Waals surface area (Å²) < 4.78 is 5.77. The van der Waals surface area contributed by atoms with Gasteiger partial charge in [0.25, 0.3) is 0 Å². The number of nitrogens with one attached hydrogen (secondary N) is 1. The predicted molar refractivity (Wildman–Crippen MR) is 69.7 cm³/mol. The number of carbonyl (C=O) groups is 1. The van der Waals surface area contributed by atoms with Crippen LogP contribution in [0.4, 0.5) is 0 Å². The summed E-state index contributed by atoms with van der Waals surface area (Å²) in [6.45, 7) is 11.1. The fourth-order valence-corrected chi connectivity index (χ4v) is 2.51. The first-order chi connectivity index (χ1) is 8.04. The summed E-state index contributed by atoms with van der Waals surface area (Å²) >= 11 is 0. The lowest BCUT2D eigenvalue weighted by Gasteiger charge is -2.35. The van der Waals surface area contributed by atoms with Crippen LogP contribution >= 0.6 is 0 Å². The van der Waals surface area contributed by atoms with E-state index in [0.717, 1.165) is 12.8 Å². The van der Waals surface area contributed by atoms with Crippen LogP contribution in [-0.4, -0.2) is 25.2 Å². The van der Waals surface area contributed by atoms with Gasteiger partial charge in [0.2, 0.25) is 5.91 Å². The lowest BCUT2D eigenvalue weighted by molar-refractivity contribution is -0.129. The molecule has 1 saturated carbocycles. The van der Waals surface area contributed by atoms with Crippen molar-refractivity contribution in [2.75, 3.05) is 13.2 Å². The predicted octanol–water partition coefficient (Wildman–Crippen LogP) is 2.52. The Balaban J connectivity index is 2.46. The summed E-state index contributed by atoms with van der Waals surface area (Å²) in [4.78, 5) is 11.4. The molecular weight excluding hydrogens is 214 g/mol. The van der Waals surface area contributed by atoms with E-state index in [9.17, 15) is 4.79 Å². The van der Waals surface area contributed by atoms with E-state index in [1.54, 1.807) is 0 Å². The third-order valence-corrected chi connectivity index (χ3v) is 3.49. The van der Waals surface area contributed by atoms with Gasteiger partial charge >= 0.3 is 0 Å². The van der Waals surface area contributed by atoms with E-state index in [2.05, 4.69) is 25.7 Å². The van der Waals surface area contributed by atoms with Crippen molar-refractivity contribution in [2.45, 2.75) is 46.1 Å². The summed E-state index contributed by atoms with van der Waals surface area (Å²) in [5.41, 5.74) is 1.18. The molecule has 0 aromatic heterocycles. The smallest absolute Gasteiger partial charge is 0.246 e. The monoisotopic (exact) mass is 239 g/mol. The number of hydrogen-bond acceptors (Lipinski definition) is 2. The number of carbonyl (C=O) groups excluding carboxylic acids is 1. The van der Waals surface area contributed by atoms with Crippen LogP contribution < -0.4 is 5.32 Å². The number of hydrogen-bond donors (Lipinski definition) is 1. The first kappa shape index (κ1) is 14.2. The van der Waals surface area contributed by atoms with E-state index in [4.69, 9.17) is 4.74 Å². The van der Waals surface area contributed by atoms with Gasteiger partial charge in [0.05, 0.1) is 6.10 Å². The minimum absolute atomic E-state index is 0.0220. The Labute approximate surface area is 105 Å². The van der Waals surface area contributed by atoms with Gasteiger partial charge in [0.1, 0.15) is 6.61 Å². The third kappa shape index (κ3) is 4.50. The van der Waals surface area contributed by atoms with Crippen molar-refractivity contribution in [1.82, 2.24) is 5.32 Å². The fourth-order valence-electron chi connectivity index (χ4n) is 2.51. The van der Waals surface area contributed by atoms with E-state index in [-0.39, 0.29) is 18.6 Å². The molecule has 1 N–H and O–H groups in total. The molecule has 3 heteroatoms. The molecule has 1 amide bonds. The first-order valence-electron chi connectivity index (χ1n) is 6.58. The molecule has 0 spiro atoms. The van der Waals surface area contributed by atoms with Crippen LogP contribution in [0.3, 0.4) is 0 Å². The Morgan fingerprint density at radius 2 is 2.18 bits per heavy atom. The molecule has 0 aromatic carbocycles. The Morgan fingerprint density at radius 1 is 1.47 bits per heavy atom. The van der Waals surface area contributed by atoms with Gasteiger partial charge < -0.3 is 10.1 Å². The van der Waals surface area contributed by atoms with Crippen LogP contribution in [0.1, 0.15) is 40.0 Å². The van der Waals surface area contributed by atoms with Gasteiger partial charge in [0, 0.05) is 12.5 Å². The Kier molecular flexibility index (Phi) is 5.69. The maximum Gasteiger partial charge on any atom is 0.246 e. The Bertz CT molecular complexity index is 275. The molecule has 1 aliphatic rings. The average Bonchev–Trinajstić information content (AvgIpc) is 2.26. The summed E-state index contributed by atoms with van der Waals surface area (Å²) in [5.74, 6) is 1.08. The molecular formula is C14H25NO2. The number of amides is 1. The number of rotatable bonds is 5. The van der Waals surface area contributed by atoms with Gasteiger partial charge in [-0.2, -0.15) is 0 Å². The van der Waals surface area contributed by atoms with E-state index >= 15 is 0 Å². The van der Waals surface area contributed by atoms with Crippen molar-refractivity contribution < 1.29 is 9.53 Å². The molecule has 0 bridgehead atoms. The lowest BCUT2D eigenvalue weighted by atomic mass is 9.78. The fraction of sp³-hybridized carbons (Fsp3) is 0.786. The van der Waals surface area contributed by atoms with Crippen LogP contribution in [0.25, 0.3) is 0 Å². The second-order valence-corrected chi connectivity index (χ2v) is 5.17. The molecule has 98 valence electrons. The zero-order valence-corrected chi connectivity index (χ0v) is 11.3. The quantitative estimate of drug-likeness (QED) is 0.749. The first-order valence-corrected chi connectivity index (χ1v) is 6.58.